The molecule has 0 atom stereocenters. The zero-order valence-corrected chi connectivity index (χ0v) is 12.0. The summed E-state index contributed by atoms with van der Waals surface area (Å²) in [4.78, 5) is 10.9. The van der Waals surface area contributed by atoms with Crippen molar-refractivity contribution in [3.8, 4) is 0 Å². The van der Waals surface area contributed by atoms with Gasteiger partial charge in [-0.05, 0) is 0 Å². The van der Waals surface area contributed by atoms with Crippen molar-refractivity contribution in [2.75, 3.05) is 5.32 Å². The molecule has 0 saturated heterocycles. The van der Waals surface area contributed by atoms with Crippen LogP contribution in [0.5, 0.6) is 0 Å². The number of nitrogens with one attached hydrogen (secondary N) is 1. The highest BCUT2D eigenvalue weighted by molar-refractivity contribution is 5.60. The molecule has 2 aromatic rings. The van der Waals surface area contributed by atoms with Crippen LogP contribution in [0.2, 0.25) is 0 Å². The monoisotopic (exact) mass is 278 g/mol. The van der Waals surface area contributed by atoms with Crippen LogP contribution in [0.1, 0.15) is 31.0 Å². The number of aryl methyl sites for hydroxylation is 2. The van der Waals surface area contributed by atoms with Crippen molar-refractivity contribution in [2.45, 2.75) is 26.3 Å². The second-order valence-electron chi connectivity index (χ2n) is 4.99. The van der Waals surface area contributed by atoms with Crippen LogP contribution in [0, 0.1) is 10.1 Å². The second-order valence-corrected chi connectivity index (χ2v) is 4.99. The first kappa shape index (κ1) is 14.0. The SMILES string of the molecule is CC(C)c1nn(C)c(NCc2cnn(C)c2)c1[N+](=O)[O-]. The molecule has 0 spiro atoms. The van der Waals surface area contributed by atoms with Gasteiger partial charge in [-0.3, -0.25) is 14.8 Å². The number of nitrogens with zero attached hydrogens (tertiary/aromatic N) is 5. The van der Waals surface area contributed by atoms with Gasteiger partial charge in [0.2, 0.25) is 5.82 Å². The molecule has 20 heavy (non-hydrogen) atoms. The van der Waals surface area contributed by atoms with Crippen LogP contribution >= 0.6 is 0 Å². The minimum atomic E-state index is -0.381. The fourth-order valence-electron chi connectivity index (χ4n) is 2.05. The van der Waals surface area contributed by atoms with E-state index >= 15 is 0 Å². The minimum absolute atomic E-state index is 0.00413. The van der Waals surface area contributed by atoms with Gasteiger partial charge in [0, 0.05) is 38.3 Å². The van der Waals surface area contributed by atoms with Gasteiger partial charge in [0.15, 0.2) is 0 Å². The molecule has 108 valence electrons. The Labute approximate surface area is 116 Å². The first-order chi connectivity index (χ1) is 9.40. The maximum Gasteiger partial charge on any atom is 0.334 e. The summed E-state index contributed by atoms with van der Waals surface area (Å²) in [5.74, 6) is 0.415. The van der Waals surface area contributed by atoms with Crippen LogP contribution in [0.25, 0.3) is 0 Å². The van der Waals surface area contributed by atoms with Crippen LogP contribution in [0.15, 0.2) is 12.4 Å². The van der Waals surface area contributed by atoms with Gasteiger partial charge in [0.1, 0.15) is 5.69 Å². The Balaban J connectivity index is 2.28. The first-order valence-electron chi connectivity index (χ1n) is 6.32. The van der Waals surface area contributed by atoms with Crippen LogP contribution in [0.3, 0.4) is 0 Å². The fourth-order valence-corrected chi connectivity index (χ4v) is 2.05. The Morgan fingerprint density at radius 1 is 1.45 bits per heavy atom. The molecule has 0 bridgehead atoms. The number of hydrogen-bond acceptors (Lipinski definition) is 5. The van der Waals surface area contributed by atoms with Gasteiger partial charge >= 0.3 is 5.69 Å². The van der Waals surface area contributed by atoms with Gasteiger partial charge in [-0.25, -0.2) is 4.68 Å². The van der Waals surface area contributed by atoms with Gasteiger partial charge in [-0.15, -0.1) is 0 Å². The largest absolute Gasteiger partial charge is 0.360 e. The Morgan fingerprint density at radius 3 is 2.65 bits per heavy atom. The smallest absolute Gasteiger partial charge is 0.334 e. The number of anilines is 1. The lowest BCUT2D eigenvalue weighted by molar-refractivity contribution is -0.384. The van der Waals surface area contributed by atoms with Crippen molar-refractivity contribution >= 4 is 11.5 Å². The van der Waals surface area contributed by atoms with Gasteiger partial charge < -0.3 is 5.32 Å². The lowest BCUT2D eigenvalue weighted by atomic mass is 10.1. The highest BCUT2D eigenvalue weighted by Crippen LogP contribution is 2.32. The maximum absolute atomic E-state index is 11.3. The Bertz CT molecular complexity index is 628. The van der Waals surface area contributed by atoms with Gasteiger partial charge in [-0.2, -0.15) is 10.2 Å². The number of nitro groups is 1. The molecule has 0 unspecified atom stereocenters. The highest BCUT2D eigenvalue weighted by Gasteiger charge is 2.28. The summed E-state index contributed by atoms with van der Waals surface area (Å²) < 4.78 is 3.21. The summed E-state index contributed by atoms with van der Waals surface area (Å²) in [6.45, 7) is 4.24. The lowest BCUT2D eigenvalue weighted by Gasteiger charge is -2.04. The van der Waals surface area contributed by atoms with E-state index in [9.17, 15) is 10.1 Å². The number of hydrogen-bond donors (Lipinski definition) is 1. The predicted octanol–water partition coefficient (Wildman–Crippen LogP) is 1.80. The summed E-state index contributed by atoms with van der Waals surface area (Å²) in [5.41, 5.74) is 1.49. The molecule has 0 aliphatic heterocycles. The van der Waals surface area contributed by atoms with Crippen LogP contribution in [-0.2, 0) is 20.6 Å². The lowest BCUT2D eigenvalue weighted by Crippen LogP contribution is -2.06. The van der Waals surface area contributed by atoms with E-state index in [2.05, 4.69) is 15.5 Å². The summed E-state index contributed by atoms with van der Waals surface area (Å²) in [6.07, 6.45) is 3.58. The topological polar surface area (TPSA) is 90.8 Å². The highest BCUT2D eigenvalue weighted by atomic mass is 16.6. The van der Waals surface area contributed by atoms with E-state index < -0.39 is 0 Å². The van der Waals surface area contributed by atoms with Crippen molar-refractivity contribution in [3.63, 3.8) is 0 Å². The third kappa shape index (κ3) is 2.63. The first-order valence-corrected chi connectivity index (χ1v) is 6.32. The maximum atomic E-state index is 11.3. The van der Waals surface area contributed by atoms with Crippen molar-refractivity contribution in [1.29, 1.82) is 0 Å². The molecule has 1 N–H and O–H groups in total. The molecule has 8 nitrogen and oxygen atoms in total. The molecule has 2 aromatic heterocycles. The van der Waals surface area contributed by atoms with Crippen LogP contribution < -0.4 is 5.32 Å². The van der Waals surface area contributed by atoms with Crippen LogP contribution in [-0.4, -0.2) is 24.5 Å². The molecular weight excluding hydrogens is 260 g/mol. The summed E-state index contributed by atoms with van der Waals surface area (Å²) in [6, 6.07) is 0. The van der Waals surface area contributed by atoms with Crippen molar-refractivity contribution in [2.24, 2.45) is 14.1 Å². The average molecular weight is 278 g/mol. The molecule has 2 heterocycles. The normalized spacial score (nSPS) is 11.1. The van der Waals surface area contributed by atoms with E-state index in [0.717, 1.165) is 5.56 Å². The van der Waals surface area contributed by atoms with E-state index in [-0.39, 0.29) is 16.5 Å². The predicted molar refractivity (Wildman–Crippen MR) is 74.5 cm³/mol. The zero-order chi connectivity index (χ0) is 14.9. The van der Waals surface area contributed by atoms with Gasteiger partial charge in [0.05, 0.1) is 11.1 Å². The molecule has 0 radical (unpaired) electrons. The van der Waals surface area contributed by atoms with E-state index in [1.54, 1.807) is 17.9 Å². The third-order valence-corrected chi connectivity index (χ3v) is 3.00. The molecule has 0 fully saturated rings. The van der Waals surface area contributed by atoms with Gasteiger partial charge in [0.25, 0.3) is 0 Å². The summed E-state index contributed by atoms with van der Waals surface area (Å²) in [7, 11) is 3.53. The van der Waals surface area contributed by atoms with Crippen molar-refractivity contribution in [3.05, 3.63) is 33.8 Å². The zero-order valence-electron chi connectivity index (χ0n) is 12.0. The molecule has 0 amide bonds. The summed E-state index contributed by atoms with van der Waals surface area (Å²) >= 11 is 0. The molecule has 0 aliphatic rings. The summed E-state index contributed by atoms with van der Waals surface area (Å²) in [5, 5.41) is 22.6. The molecule has 0 aromatic carbocycles. The van der Waals surface area contributed by atoms with Crippen LogP contribution in [0.4, 0.5) is 11.5 Å². The van der Waals surface area contributed by atoms with Gasteiger partial charge in [-0.1, -0.05) is 13.8 Å². The Hall–Kier alpha value is -2.38. The van der Waals surface area contributed by atoms with E-state index in [0.29, 0.717) is 18.1 Å². The molecular formula is C12H18N6O2. The molecule has 8 heteroatoms. The molecule has 0 aliphatic carbocycles. The van der Waals surface area contributed by atoms with E-state index in [4.69, 9.17) is 0 Å². The van der Waals surface area contributed by atoms with E-state index in [1.807, 2.05) is 27.1 Å². The Morgan fingerprint density at radius 2 is 2.15 bits per heavy atom. The second kappa shape index (κ2) is 5.32. The number of rotatable bonds is 5. The van der Waals surface area contributed by atoms with Crippen molar-refractivity contribution in [1.82, 2.24) is 19.6 Å². The average Bonchev–Trinajstić information content (AvgIpc) is 2.90. The Kier molecular flexibility index (Phi) is 3.73. The quantitative estimate of drug-likeness (QED) is 0.665. The third-order valence-electron chi connectivity index (χ3n) is 3.00. The number of aromatic nitrogens is 4. The standard InChI is InChI=1S/C12H18N6O2/c1-8(2)10-11(18(19)20)12(17(4)15-10)13-5-9-6-14-16(3)7-9/h6-8,13H,5H2,1-4H3. The molecule has 0 saturated carbocycles. The fraction of sp³-hybridized carbons (Fsp3) is 0.500. The molecule has 2 rings (SSSR count). The van der Waals surface area contributed by atoms with Crippen molar-refractivity contribution < 1.29 is 4.92 Å². The van der Waals surface area contributed by atoms with E-state index in [1.165, 1.54) is 4.68 Å². The minimum Gasteiger partial charge on any atom is -0.360 e.